The van der Waals surface area contributed by atoms with Crippen LogP contribution in [0.4, 0.5) is 11.8 Å². The molecule has 0 radical (unpaired) electrons. The second kappa shape index (κ2) is 6.29. The lowest BCUT2D eigenvalue weighted by molar-refractivity contribution is 0.352. The SMILES string of the molecule is COc1cccc(CNc2cc(Cl)nc(N)n2)c1OC. The Morgan fingerprint density at radius 2 is 2.05 bits per heavy atom. The summed E-state index contributed by atoms with van der Waals surface area (Å²) < 4.78 is 10.6. The molecule has 0 fully saturated rings. The Labute approximate surface area is 121 Å². The van der Waals surface area contributed by atoms with Crippen molar-refractivity contribution in [1.82, 2.24) is 9.97 Å². The van der Waals surface area contributed by atoms with Gasteiger partial charge in [0.2, 0.25) is 5.95 Å². The second-order valence-electron chi connectivity index (χ2n) is 3.94. The van der Waals surface area contributed by atoms with E-state index in [2.05, 4.69) is 15.3 Å². The van der Waals surface area contributed by atoms with Crippen LogP contribution in [0, 0.1) is 0 Å². The number of nitrogens with one attached hydrogen (secondary N) is 1. The van der Waals surface area contributed by atoms with Gasteiger partial charge in [-0.25, -0.2) is 4.98 Å². The normalized spacial score (nSPS) is 10.2. The summed E-state index contributed by atoms with van der Waals surface area (Å²) in [6.45, 7) is 0.493. The molecule has 0 aliphatic rings. The van der Waals surface area contributed by atoms with Crippen molar-refractivity contribution in [3.05, 3.63) is 35.0 Å². The zero-order valence-electron chi connectivity index (χ0n) is 11.2. The number of hydrogen-bond acceptors (Lipinski definition) is 6. The van der Waals surface area contributed by atoms with E-state index in [0.717, 1.165) is 5.56 Å². The third-order valence-electron chi connectivity index (χ3n) is 2.66. The predicted octanol–water partition coefficient (Wildman–Crippen LogP) is 2.34. The van der Waals surface area contributed by atoms with Crippen molar-refractivity contribution in [2.24, 2.45) is 0 Å². The number of ether oxygens (including phenoxy) is 2. The summed E-state index contributed by atoms with van der Waals surface area (Å²) in [4.78, 5) is 7.84. The van der Waals surface area contributed by atoms with E-state index in [1.54, 1.807) is 20.3 Å². The molecule has 3 N–H and O–H groups in total. The average molecular weight is 295 g/mol. The number of nitrogens with zero attached hydrogens (tertiary/aromatic N) is 2. The van der Waals surface area contributed by atoms with Crippen LogP contribution in [-0.4, -0.2) is 24.2 Å². The lowest BCUT2D eigenvalue weighted by atomic mass is 10.2. The lowest BCUT2D eigenvalue weighted by Crippen LogP contribution is -2.06. The summed E-state index contributed by atoms with van der Waals surface area (Å²) in [5.74, 6) is 2.02. The molecule has 2 aromatic rings. The minimum Gasteiger partial charge on any atom is -0.493 e. The first-order valence-electron chi connectivity index (χ1n) is 5.88. The first-order chi connectivity index (χ1) is 9.63. The molecule has 1 heterocycles. The zero-order chi connectivity index (χ0) is 14.5. The number of rotatable bonds is 5. The van der Waals surface area contributed by atoms with Crippen molar-refractivity contribution in [3.8, 4) is 11.5 Å². The van der Waals surface area contributed by atoms with Gasteiger partial charge in [0.1, 0.15) is 11.0 Å². The van der Waals surface area contributed by atoms with Crippen molar-refractivity contribution in [1.29, 1.82) is 0 Å². The molecule has 1 aromatic heterocycles. The molecule has 0 spiro atoms. The quantitative estimate of drug-likeness (QED) is 0.824. The molecule has 0 bridgehead atoms. The maximum atomic E-state index is 5.82. The van der Waals surface area contributed by atoms with Crippen molar-refractivity contribution < 1.29 is 9.47 Å². The maximum absolute atomic E-state index is 5.82. The highest BCUT2D eigenvalue weighted by Crippen LogP contribution is 2.31. The minimum absolute atomic E-state index is 0.123. The first kappa shape index (κ1) is 14.2. The van der Waals surface area contributed by atoms with Gasteiger partial charge in [-0.05, 0) is 6.07 Å². The van der Waals surface area contributed by atoms with Crippen molar-refractivity contribution >= 4 is 23.4 Å². The fraction of sp³-hybridized carbons (Fsp3) is 0.231. The van der Waals surface area contributed by atoms with E-state index in [4.69, 9.17) is 26.8 Å². The molecule has 0 unspecified atom stereocenters. The number of hydrogen-bond donors (Lipinski definition) is 2. The first-order valence-corrected chi connectivity index (χ1v) is 6.25. The van der Waals surface area contributed by atoms with Crippen LogP contribution in [0.1, 0.15) is 5.56 Å². The monoisotopic (exact) mass is 294 g/mol. The molecule has 7 heteroatoms. The molecule has 20 heavy (non-hydrogen) atoms. The van der Waals surface area contributed by atoms with Crippen LogP contribution in [-0.2, 0) is 6.54 Å². The van der Waals surface area contributed by atoms with Gasteiger partial charge in [-0.1, -0.05) is 23.7 Å². The van der Waals surface area contributed by atoms with E-state index in [0.29, 0.717) is 23.9 Å². The van der Waals surface area contributed by atoms with E-state index in [1.165, 1.54) is 0 Å². The molecule has 0 atom stereocenters. The van der Waals surface area contributed by atoms with E-state index < -0.39 is 0 Å². The van der Waals surface area contributed by atoms with Crippen LogP contribution in [0.3, 0.4) is 0 Å². The van der Waals surface area contributed by atoms with Gasteiger partial charge in [0, 0.05) is 18.2 Å². The molecule has 0 aliphatic heterocycles. The Morgan fingerprint density at radius 3 is 2.70 bits per heavy atom. The Kier molecular flexibility index (Phi) is 4.47. The van der Waals surface area contributed by atoms with E-state index in [-0.39, 0.29) is 11.1 Å². The Morgan fingerprint density at radius 1 is 1.25 bits per heavy atom. The van der Waals surface area contributed by atoms with Gasteiger partial charge in [0.15, 0.2) is 11.5 Å². The largest absolute Gasteiger partial charge is 0.493 e. The maximum Gasteiger partial charge on any atom is 0.223 e. The summed E-state index contributed by atoms with van der Waals surface area (Å²) in [6, 6.07) is 7.26. The molecule has 0 saturated heterocycles. The summed E-state index contributed by atoms with van der Waals surface area (Å²) >= 11 is 5.82. The number of benzene rings is 1. The third kappa shape index (κ3) is 3.21. The van der Waals surface area contributed by atoms with E-state index >= 15 is 0 Å². The molecular weight excluding hydrogens is 280 g/mol. The summed E-state index contributed by atoms with van der Waals surface area (Å²) in [5, 5.41) is 3.41. The van der Waals surface area contributed by atoms with E-state index in [1.807, 2.05) is 18.2 Å². The molecule has 0 aliphatic carbocycles. The Hall–Kier alpha value is -2.21. The standard InChI is InChI=1S/C13H15ClN4O2/c1-19-9-5-3-4-8(12(9)20-2)7-16-11-6-10(14)17-13(15)18-11/h3-6H,7H2,1-2H3,(H3,15,16,17,18). The summed E-state index contributed by atoms with van der Waals surface area (Å²) in [7, 11) is 3.20. The van der Waals surface area contributed by atoms with Crippen molar-refractivity contribution in [2.45, 2.75) is 6.54 Å². The molecule has 106 valence electrons. The molecular formula is C13H15ClN4O2. The zero-order valence-corrected chi connectivity index (χ0v) is 11.9. The van der Waals surface area contributed by atoms with Gasteiger partial charge in [0.05, 0.1) is 14.2 Å². The van der Waals surface area contributed by atoms with E-state index in [9.17, 15) is 0 Å². The second-order valence-corrected chi connectivity index (χ2v) is 4.33. The fourth-order valence-corrected chi connectivity index (χ4v) is 1.99. The van der Waals surface area contributed by atoms with Gasteiger partial charge in [-0.2, -0.15) is 4.98 Å². The van der Waals surface area contributed by atoms with Gasteiger partial charge in [-0.15, -0.1) is 0 Å². The highest BCUT2D eigenvalue weighted by molar-refractivity contribution is 6.29. The van der Waals surface area contributed by atoms with Gasteiger partial charge in [0.25, 0.3) is 0 Å². The lowest BCUT2D eigenvalue weighted by Gasteiger charge is -2.13. The minimum atomic E-state index is 0.123. The fourth-order valence-electron chi connectivity index (χ4n) is 1.80. The summed E-state index contributed by atoms with van der Waals surface area (Å²) in [6.07, 6.45) is 0. The van der Waals surface area contributed by atoms with Crippen LogP contribution in [0.5, 0.6) is 11.5 Å². The highest BCUT2D eigenvalue weighted by Gasteiger charge is 2.09. The number of anilines is 2. The third-order valence-corrected chi connectivity index (χ3v) is 2.85. The number of methoxy groups -OCH3 is 2. The number of nitrogen functional groups attached to an aromatic ring is 1. The van der Waals surface area contributed by atoms with Crippen LogP contribution >= 0.6 is 11.6 Å². The molecule has 0 saturated carbocycles. The van der Waals surface area contributed by atoms with Gasteiger partial charge in [-0.3, -0.25) is 0 Å². The van der Waals surface area contributed by atoms with Crippen LogP contribution in [0.25, 0.3) is 0 Å². The van der Waals surface area contributed by atoms with Gasteiger partial charge < -0.3 is 20.5 Å². The van der Waals surface area contributed by atoms with Crippen molar-refractivity contribution in [2.75, 3.05) is 25.3 Å². The number of para-hydroxylation sites is 1. The molecule has 1 aromatic carbocycles. The number of nitrogens with two attached hydrogens (primary N) is 1. The van der Waals surface area contributed by atoms with Crippen LogP contribution < -0.4 is 20.5 Å². The smallest absolute Gasteiger partial charge is 0.223 e. The topological polar surface area (TPSA) is 82.3 Å². The number of aromatic nitrogens is 2. The van der Waals surface area contributed by atoms with Crippen molar-refractivity contribution in [3.63, 3.8) is 0 Å². The average Bonchev–Trinajstić information content (AvgIpc) is 2.43. The molecule has 0 amide bonds. The Balaban J connectivity index is 2.18. The number of halogens is 1. The van der Waals surface area contributed by atoms with Crippen LogP contribution in [0.2, 0.25) is 5.15 Å². The van der Waals surface area contributed by atoms with Gasteiger partial charge >= 0.3 is 0 Å². The summed E-state index contributed by atoms with van der Waals surface area (Å²) in [5.41, 5.74) is 6.47. The Bertz CT molecular complexity index is 587. The predicted molar refractivity (Wildman–Crippen MR) is 78.3 cm³/mol. The molecule has 6 nitrogen and oxygen atoms in total. The van der Waals surface area contributed by atoms with Crippen LogP contribution in [0.15, 0.2) is 24.3 Å². The molecule has 2 rings (SSSR count). The highest BCUT2D eigenvalue weighted by atomic mass is 35.5.